The smallest absolute Gasteiger partial charge is 0.335 e. The van der Waals surface area contributed by atoms with Crippen LogP contribution in [0.2, 0.25) is 0 Å². The molecule has 0 unspecified atom stereocenters. The maximum absolute atomic E-state index is 10.9. The highest BCUT2D eigenvalue weighted by atomic mass is 16.4. The fourth-order valence-corrected chi connectivity index (χ4v) is 2.76. The second-order valence-corrected chi connectivity index (χ2v) is 5.50. The van der Waals surface area contributed by atoms with Crippen LogP contribution in [0.4, 0.5) is 0 Å². The van der Waals surface area contributed by atoms with Crippen molar-refractivity contribution in [2.75, 3.05) is 0 Å². The Morgan fingerprint density at radius 1 is 1.32 bits per heavy atom. The fourth-order valence-electron chi connectivity index (χ4n) is 2.76. The Kier molecular flexibility index (Phi) is 3.01. The van der Waals surface area contributed by atoms with Gasteiger partial charge < -0.3 is 9.52 Å². The summed E-state index contributed by atoms with van der Waals surface area (Å²) in [4.78, 5) is 15.4. The highest BCUT2D eigenvalue weighted by Crippen LogP contribution is 2.36. The van der Waals surface area contributed by atoms with E-state index in [1.54, 1.807) is 18.2 Å². The number of rotatable bonds is 2. The van der Waals surface area contributed by atoms with E-state index >= 15 is 0 Å². The lowest BCUT2D eigenvalue weighted by atomic mass is 9.83. The molecule has 4 nitrogen and oxygen atoms in total. The highest BCUT2D eigenvalue weighted by molar-refractivity contribution is 5.91. The van der Waals surface area contributed by atoms with Crippen molar-refractivity contribution in [3.05, 3.63) is 29.7 Å². The molecule has 1 heterocycles. The number of aromatic carboxylic acids is 1. The molecule has 0 spiro atoms. The average Bonchev–Trinajstić information content (AvgIpc) is 2.82. The van der Waals surface area contributed by atoms with Crippen LogP contribution in [-0.4, -0.2) is 16.1 Å². The van der Waals surface area contributed by atoms with Crippen molar-refractivity contribution in [3.63, 3.8) is 0 Å². The van der Waals surface area contributed by atoms with Crippen molar-refractivity contribution in [1.29, 1.82) is 0 Å². The summed E-state index contributed by atoms with van der Waals surface area (Å²) in [5, 5.41) is 8.97. The maximum Gasteiger partial charge on any atom is 0.335 e. The Morgan fingerprint density at radius 2 is 2.05 bits per heavy atom. The second-order valence-electron chi connectivity index (χ2n) is 5.50. The first-order valence-electron chi connectivity index (χ1n) is 6.77. The number of carbonyl (C=O) groups is 1. The molecule has 19 heavy (non-hydrogen) atoms. The van der Waals surface area contributed by atoms with Gasteiger partial charge in [0.1, 0.15) is 5.52 Å². The monoisotopic (exact) mass is 259 g/mol. The zero-order valence-electron chi connectivity index (χ0n) is 10.9. The number of nitrogens with zero attached hydrogens (tertiary/aromatic N) is 1. The molecular weight excluding hydrogens is 242 g/mol. The summed E-state index contributed by atoms with van der Waals surface area (Å²) in [6.07, 6.45) is 4.65. The minimum absolute atomic E-state index is 0.243. The molecule has 1 fully saturated rings. The molecule has 1 aromatic carbocycles. The third kappa shape index (κ3) is 2.35. The number of hydrogen-bond donors (Lipinski definition) is 1. The molecule has 3 rings (SSSR count). The van der Waals surface area contributed by atoms with E-state index in [1.807, 2.05) is 0 Å². The van der Waals surface area contributed by atoms with Gasteiger partial charge in [-0.15, -0.1) is 0 Å². The SMILES string of the molecule is CC1CCC(c2nc3ccc(C(=O)O)cc3o2)CC1. The van der Waals surface area contributed by atoms with E-state index in [0.717, 1.165) is 30.2 Å². The van der Waals surface area contributed by atoms with E-state index < -0.39 is 5.97 Å². The number of fused-ring (bicyclic) bond motifs is 1. The first-order chi connectivity index (χ1) is 9.13. The summed E-state index contributed by atoms with van der Waals surface area (Å²) in [5.74, 6) is 1.01. The summed E-state index contributed by atoms with van der Waals surface area (Å²) in [6, 6.07) is 4.84. The van der Waals surface area contributed by atoms with E-state index in [2.05, 4.69) is 11.9 Å². The first-order valence-corrected chi connectivity index (χ1v) is 6.77. The van der Waals surface area contributed by atoms with Gasteiger partial charge in [0.15, 0.2) is 11.5 Å². The summed E-state index contributed by atoms with van der Waals surface area (Å²) in [6.45, 7) is 2.28. The lowest BCUT2D eigenvalue weighted by Gasteiger charge is -2.23. The van der Waals surface area contributed by atoms with Crippen LogP contribution < -0.4 is 0 Å². The van der Waals surface area contributed by atoms with Crippen LogP contribution in [0.15, 0.2) is 22.6 Å². The third-order valence-electron chi connectivity index (χ3n) is 4.02. The van der Waals surface area contributed by atoms with Gasteiger partial charge in [-0.05, 0) is 49.8 Å². The molecule has 0 amide bonds. The molecule has 0 atom stereocenters. The standard InChI is InChI=1S/C15H17NO3/c1-9-2-4-10(5-3-9)14-16-12-7-6-11(15(17)18)8-13(12)19-14/h6-10H,2-5H2,1H3,(H,17,18). The predicted octanol–water partition coefficient (Wildman–Crippen LogP) is 3.82. The topological polar surface area (TPSA) is 63.3 Å². The molecule has 1 aliphatic rings. The molecule has 1 aromatic heterocycles. The number of aromatic nitrogens is 1. The van der Waals surface area contributed by atoms with Crippen LogP contribution >= 0.6 is 0 Å². The van der Waals surface area contributed by atoms with Crippen molar-refractivity contribution in [2.45, 2.75) is 38.5 Å². The second kappa shape index (κ2) is 4.68. The summed E-state index contributed by atoms with van der Waals surface area (Å²) in [7, 11) is 0. The van der Waals surface area contributed by atoms with Gasteiger partial charge >= 0.3 is 5.97 Å². The Bertz CT molecular complexity index is 609. The van der Waals surface area contributed by atoms with Gasteiger partial charge in [-0.2, -0.15) is 0 Å². The lowest BCUT2D eigenvalue weighted by molar-refractivity contribution is 0.0697. The van der Waals surface area contributed by atoms with Gasteiger partial charge in [0.25, 0.3) is 0 Å². The number of carboxylic acids is 1. The Morgan fingerprint density at radius 3 is 2.74 bits per heavy atom. The molecule has 0 radical (unpaired) electrons. The molecule has 4 heteroatoms. The largest absolute Gasteiger partial charge is 0.478 e. The van der Waals surface area contributed by atoms with Crippen LogP contribution in [0.1, 0.15) is 54.8 Å². The molecule has 1 aliphatic carbocycles. The molecule has 1 N–H and O–H groups in total. The molecule has 2 aromatic rings. The molecule has 0 aliphatic heterocycles. The molecular formula is C15H17NO3. The van der Waals surface area contributed by atoms with E-state index in [1.165, 1.54) is 12.8 Å². The highest BCUT2D eigenvalue weighted by Gasteiger charge is 2.24. The first kappa shape index (κ1) is 12.2. The Labute approximate surface area is 111 Å². The lowest BCUT2D eigenvalue weighted by Crippen LogP contribution is -2.10. The number of oxazole rings is 1. The molecule has 0 bridgehead atoms. The minimum atomic E-state index is -0.939. The van der Waals surface area contributed by atoms with Gasteiger partial charge in [-0.3, -0.25) is 0 Å². The average molecular weight is 259 g/mol. The number of benzene rings is 1. The van der Waals surface area contributed by atoms with Crippen molar-refractivity contribution in [3.8, 4) is 0 Å². The number of hydrogen-bond acceptors (Lipinski definition) is 3. The Hall–Kier alpha value is -1.84. The van der Waals surface area contributed by atoms with E-state index in [4.69, 9.17) is 9.52 Å². The zero-order valence-corrected chi connectivity index (χ0v) is 10.9. The van der Waals surface area contributed by atoms with Gasteiger partial charge in [-0.25, -0.2) is 9.78 Å². The zero-order chi connectivity index (χ0) is 13.4. The predicted molar refractivity (Wildman–Crippen MR) is 71.3 cm³/mol. The summed E-state index contributed by atoms with van der Waals surface area (Å²) >= 11 is 0. The van der Waals surface area contributed by atoms with Crippen molar-refractivity contribution in [2.24, 2.45) is 5.92 Å². The van der Waals surface area contributed by atoms with Gasteiger partial charge in [0.05, 0.1) is 5.56 Å². The van der Waals surface area contributed by atoms with Gasteiger partial charge in [-0.1, -0.05) is 6.92 Å². The fraction of sp³-hybridized carbons (Fsp3) is 0.467. The third-order valence-corrected chi connectivity index (χ3v) is 4.02. The van der Waals surface area contributed by atoms with Crippen LogP contribution in [0.3, 0.4) is 0 Å². The van der Waals surface area contributed by atoms with Crippen LogP contribution in [0, 0.1) is 5.92 Å². The van der Waals surface area contributed by atoms with Crippen LogP contribution in [0.5, 0.6) is 0 Å². The minimum Gasteiger partial charge on any atom is -0.478 e. The van der Waals surface area contributed by atoms with Crippen LogP contribution in [-0.2, 0) is 0 Å². The van der Waals surface area contributed by atoms with Gasteiger partial charge in [0.2, 0.25) is 0 Å². The Balaban J connectivity index is 1.91. The van der Waals surface area contributed by atoms with Crippen molar-refractivity contribution in [1.82, 2.24) is 4.98 Å². The maximum atomic E-state index is 10.9. The van der Waals surface area contributed by atoms with E-state index in [-0.39, 0.29) is 5.56 Å². The summed E-state index contributed by atoms with van der Waals surface area (Å²) in [5.41, 5.74) is 1.57. The van der Waals surface area contributed by atoms with E-state index in [9.17, 15) is 4.79 Å². The van der Waals surface area contributed by atoms with E-state index in [0.29, 0.717) is 11.5 Å². The normalized spacial score (nSPS) is 23.6. The van der Waals surface area contributed by atoms with Crippen LogP contribution in [0.25, 0.3) is 11.1 Å². The quantitative estimate of drug-likeness (QED) is 0.890. The summed E-state index contributed by atoms with van der Waals surface area (Å²) < 4.78 is 5.76. The van der Waals surface area contributed by atoms with Crippen molar-refractivity contribution >= 4 is 17.1 Å². The van der Waals surface area contributed by atoms with Gasteiger partial charge in [0, 0.05) is 5.92 Å². The molecule has 100 valence electrons. The number of carboxylic acid groups (broad SMARTS) is 1. The molecule has 1 saturated carbocycles. The molecule has 0 saturated heterocycles. The van der Waals surface area contributed by atoms with Crippen molar-refractivity contribution < 1.29 is 14.3 Å².